The van der Waals surface area contributed by atoms with Crippen molar-refractivity contribution in [1.82, 2.24) is 0 Å². The van der Waals surface area contributed by atoms with Crippen LogP contribution in [-0.4, -0.2) is 46.8 Å². The van der Waals surface area contributed by atoms with Crippen LogP contribution in [0.5, 0.6) is 0 Å². The van der Waals surface area contributed by atoms with Crippen molar-refractivity contribution in [3.63, 3.8) is 0 Å². The van der Waals surface area contributed by atoms with E-state index < -0.39 is 87.1 Å². The topological polar surface area (TPSA) is 114 Å². The number of ether oxygens (including phenoxy) is 2. The average molecular weight is 560 g/mol. The highest BCUT2D eigenvalue weighted by atomic mass is 19.1. The first-order valence-electron chi connectivity index (χ1n) is 14.1. The summed E-state index contributed by atoms with van der Waals surface area (Å²) in [5, 5.41) is 20.8. The number of alkyl halides is 1. The van der Waals surface area contributed by atoms with Gasteiger partial charge in [0.25, 0.3) is 0 Å². The number of aliphatic hydroxyl groups excluding tert-OH is 1. The highest BCUT2D eigenvalue weighted by molar-refractivity contribution is 5.94. The zero-order valence-corrected chi connectivity index (χ0v) is 24.3. The molecule has 0 bridgehead atoms. The Bertz CT molecular complexity index is 1280. The molecule has 8 atom stereocenters. The van der Waals surface area contributed by atoms with Crippen LogP contribution in [-0.2, 0) is 23.9 Å². The third kappa shape index (κ3) is 3.20. The van der Waals surface area contributed by atoms with Crippen LogP contribution in [0.2, 0.25) is 0 Å². The van der Waals surface area contributed by atoms with E-state index in [1.807, 2.05) is 27.7 Å². The molecule has 0 heterocycles. The number of halogens is 2. The number of ketones is 1. The SMILES string of the molecule is C[C@@H]1C[C@H]2[C@@H]3CC(F)=C4CC(=O)C=C[C@]4(C)[C@@]3(F)[C@@H](O)C[C@]2(C)[C@@]1(OC(=O)C1C(C)(C)C1(C)C)C(=O)OCC#N. The zero-order valence-electron chi connectivity index (χ0n) is 24.3. The van der Waals surface area contributed by atoms with Crippen LogP contribution in [0.4, 0.5) is 8.78 Å². The van der Waals surface area contributed by atoms with E-state index in [9.17, 15) is 19.5 Å². The number of allylic oxidation sites excluding steroid dienone is 4. The summed E-state index contributed by atoms with van der Waals surface area (Å²) in [7, 11) is 0. The normalized spacial score (nSPS) is 44.7. The first-order chi connectivity index (χ1) is 18.4. The van der Waals surface area contributed by atoms with Crippen LogP contribution in [0.25, 0.3) is 0 Å². The Hall–Kier alpha value is -2.60. The number of nitriles is 1. The maximum atomic E-state index is 17.5. The van der Waals surface area contributed by atoms with Crippen molar-refractivity contribution in [2.75, 3.05) is 6.61 Å². The Morgan fingerprint density at radius 2 is 1.77 bits per heavy atom. The Balaban J connectivity index is 1.63. The van der Waals surface area contributed by atoms with Crippen LogP contribution < -0.4 is 0 Å². The molecule has 0 radical (unpaired) electrons. The lowest BCUT2D eigenvalue weighted by Gasteiger charge is -2.62. The maximum Gasteiger partial charge on any atom is 0.352 e. The second kappa shape index (κ2) is 8.47. The first kappa shape index (κ1) is 28.9. The molecule has 218 valence electrons. The van der Waals surface area contributed by atoms with Crippen LogP contribution in [0.1, 0.15) is 74.1 Å². The molecule has 7 nitrogen and oxygen atoms in total. The lowest BCUT2D eigenvalue weighted by molar-refractivity contribution is -0.235. The molecule has 1 N–H and O–H groups in total. The number of fused-ring (bicyclic) bond motifs is 5. The molecule has 0 unspecified atom stereocenters. The Morgan fingerprint density at radius 3 is 2.35 bits per heavy atom. The van der Waals surface area contributed by atoms with Gasteiger partial charge in [0.2, 0.25) is 5.60 Å². The van der Waals surface area contributed by atoms with Crippen molar-refractivity contribution in [2.45, 2.75) is 91.5 Å². The quantitative estimate of drug-likeness (QED) is 0.486. The van der Waals surface area contributed by atoms with Crippen molar-refractivity contribution >= 4 is 17.7 Å². The van der Waals surface area contributed by atoms with E-state index in [2.05, 4.69) is 0 Å². The summed E-state index contributed by atoms with van der Waals surface area (Å²) < 4.78 is 44.8. The highest BCUT2D eigenvalue weighted by Crippen LogP contribution is 2.73. The number of carbonyl (C=O) groups excluding carboxylic acids is 3. The van der Waals surface area contributed by atoms with Gasteiger partial charge in [-0.15, -0.1) is 0 Å². The summed E-state index contributed by atoms with van der Waals surface area (Å²) in [6.07, 6.45) is 0.328. The van der Waals surface area contributed by atoms with E-state index in [1.165, 1.54) is 19.1 Å². The summed E-state index contributed by atoms with van der Waals surface area (Å²) in [5.74, 6) is -5.30. The molecule has 0 spiro atoms. The van der Waals surface area contributed by atoms with E-state index in [-0.39, 0.29) is 37.0 Å². The molecular weight excluding hydrogens is 520 g/mol. The minimum absolute atomic E-state index is 0.0526. The lowest BCUT2D eigenvalue weighted by Crippen LogP contribution is -2.70. The molecule has 9 heteroatoms. The monoisotopic (exact) mass is 559 g/mol. The standard InChI is InChI=1S/C31H39F2NO6/c1-16-12-18-19-14-21(32)20-13-17(35)8-9-28(20,6)30(19,33)22(36)15-29(18,7)31(16,25(38)39-11-10-34)40-24(37)23-26(2,3)27(23,4)5/h8-9,16,18-19,22-23,36H,11-15H2,1-7H3/t16-,18+,19+,22+,28+,29+,30+,31+/m1/s1. The van der Waals surface area contributed by atoms with E-state index in [4.69, 9.17) is 14.7 Å². The lowest BCUT2D eigenvalue weighted by atomic mass is 9.45. The fraction of sp³-hybridized carbons (Fsp3) is 0.742. The molecule has 0 aromatic heterocycles. The summed E-state index contributed by atoms with van der Waals surface area (Å²) in [5.41, 5.74) is -7.84. The van der Waals surface area contributed by atoms with Crippen molar-refractivity contribution in [1.29, 1.82) is 5.26 Å². The minimum Gasteiger partial charge on any atom is -0.447 e. The molecule has 3 fully saturated rings. The molecule has 5 aliphatic rings. The second-order valence-corrected chi connectivity index (χ2v) is 14.3. The Kier molecular flexibility index (Phi) is 6.12. The summed E-state index contributed by atoms with van der Waals surface area (Å²) in [6, 6.07) is 1.78. The smallest absolute Gasteiger partial charge is 0.352 e. The van der Waals surface area contributed by atoms with Crippen molar-refractivity contribution < 1.29 is 37.7 Å². The summed E-state index contributed by atoms with van der Waals surface area (Å²) >= 11 is 0. The number of esters is 2. The molecule has 5 aliphatic carbocycles. The van der Waals surface area contributed by atoms with Gasteiger partial charge in [0.05, 0.1) is 12.0 Å². The Labute approximate surface area is 234 Å². The van der Waals surface area contributed by atoms with Gasteiger partial charge in [-0.3, -0.25) is 9.59 Å². The number of rotatable bonds is 4. The van der Waals surface area contributed by atoms with E-state index in [0.717, 1.165) is 0 Å². The first-order valence-corrected chi connectivity index (χ1v) is 14.1. The molecule has 40 heavy (non-hydrogen) atoms. The molecule has 0 amide bonds. The molecule has 5 rings (SSSR count). The van der Waals surface area contributed by atoms with E-state index in [1.54, 1.807) is 19.9 Å². The maximum absolute atomic E-state index is 17.5. The number of hydrogen-bond donors (Lipinski definition) is 1. The van der Waals surface area contributed by atoms with Gasteiger partial charge in [-0.25, -0.2) is 13.6 Å². The summed E-state index contributed by atoms with van der Waals surface area (Å²) in [6.45, 7) is 12.2. The predicted molar refractivity (Wildman–Crippen MR) is 139 cm³/mol. The minimum atomic E-state index is -2.32. The largest absolute Gasteiger partial charge is 0.447 e. The van der Waals surface area contributed by atoms with Gasteiger partial charge < -0.3 is 14.6 Å². The molecule has 0 aromatic rings. The van der Waals surface area contributed by atoms with Crippen molar-refractivity contribution in [2.24, 2.45) is 45.3 Å². The molecular formula is C31H39F2NO6. The van der Waals surface area contributed by atoms with Gasteiger partial charge in [0.1, 0.15) is 11.9 Å². The number of hydrogen-bond acceptors (Lipinski definition) is 7. The fourth-order valence-electron chi connectivity index (χ4n) is 9.40. The molecule has 0 saturated heterocycles. The second-order valence-electron chi connectivity index (χ2n) is 14.3. The van der Waals surface area contributed by atoms with Crippen LogP contribution in [0.3, 0.4) is 0 Å². The van der Waals surface area contributed by atoms with E-state index >= 15 is 8.78 Å². The number of aliphatic hydroxyl groups is 1. The fourth-order valence-corrected chi connectivity index (χ4v) is 9.40. The van der Waals surface area contributed by atoms with Gasteiger partial charge >= 0.3 is 11.9 Å². The zero-order chi connectivity index (χ0) is 29.8. The van der Waals surface area contributed by atoms with Gasteiger partial charge in [0.15, 0.2) is 18.1 Å². The number of nitrogens with zero attached hydrogens (tertiary/aromatic N) is 1. The van der Waals surface area contributed by atoms with E-state index in [0.29, 0.717) is 0 Å². The third-order valence-electron chi connectivity index (χ3n) is 12.3. The number of carbonyl (C=O) groups is 3. The predicted octanol–water partition coefficient (Wildman–Crippen LogP) is 4.93. The molecule has 3 saturated carbocycles. The van der Waals surface area contributed by atoms with Crippen molar-refractivity contribution in [3.8, 4) is 6.07 Å². The Morgan fingerprint density at radius 1 is 1.15 bits per heavy atom. The average Bonchev–Trinajstić information content (AvgIpc) is 3.17. The molecule has 0 aromatic carbocycles. The van der Waals surface area contributed by atoms with Crippen LogP contribution in [0, 0.1) is 56.7 Å². The molecule has 0 aliphatic heterocycles. The van der Waals surface area contributed by atoms with Crippen molar-refractivity contribution in [3.05, 3.63) is 23.6 Å². The van der Waals surface area contributed by atoms with Gasteiger partial charge in [0, 0.05) is 35.5 Å². The van der Waals surface area contributed by atoms with Gasteiger partial charge in [-0.1, -0.05) is 47.6 Å². The third-order valence-corrected chi connectivity index (χ3v) is 12.3. The highest BCUT2D eigenvalue weighted by Gasteiger charge is 2.79. The van der Waals surface area contributed by atoms with Crippen LogP contribution >= 0.6 is 0 Å². The van der Waals surface area contributed by atoms with Gasteiger partial charge in [-0.2, -0.15) is 5.26 Å². The van der Waals surface area contributed by atoms with Gasteiger partial charge in [-0.05, 0) is 48.2 Å². The van der Waals surface area contributed by atoms with Crippen LogP contribution in [0.15, 0.2) is 23.6 Å². The summed E-state index contributed by atoms with van der Waals surface area (Å²) in [4.78, 5) is 39.8.